The highest BCUT2D eigenvalue weighted by molar-refractivity contribution is 6.01. The van der Waals surface area contributed by atoms with Gasteiger partial charge in [-0.2, -0.15) is 0 Å². The fourth-order valence-corrected chi connectivity index (χ4v) is 5.06. The maximum absolute atomic E-state index is 12.9. The number of hydrogen-bond donors (Lipinski definition) is 2. The summed E-state index contributed by atoms with van der Waals surface area (Å²) >= 11 is 0. The number of imide groups is 1. The predicted octanol–water partition coefficient (Wildman–Crippen LogP) is 2.16. The van der Waals surface area contributed by atoms with Gasteiger partial charge in [-0.05, 0) is 76.7 Å². The molecule has 1 atom stereocenters. The Bertz CT molecular complexity index is 989. The molecule has 3 fully saturated rings. The molecule has 3 aliphatic rings. The van der Waals surface area contributed by atoms with Crippen molar-refractivity contribution in [2.75, 3.05) is 51.1 Å². The van der Waals surface area contributed by atoms with Gasteiger partial charge in [-0.25, -0.2) is 4.79 Å². The monoisotopic (exact) mass is 513 g/mol. The second-order valence-electron chi connectivity index (χ2n) is 11.2. The van der Waals surface area contributed by atoms with Crippen molar-refractivity contribution < 1.29 is 23.9 Å². The van der Waals surface area contributed by atoms with E-state index in [9.17, 15) is 19.2 Å². The molecule has 37 heavy (non-hydrogen) atoms. The molecule has 1 unspecified atom stereocenters. The molecule has 0 saturated carbocycles. The van der Waals surface area contributed by atoms with Crippen LogP contribution in [-0.4, -0.2) is 96.0 Å². The van der Waals surface area contributed by atoms with Gasteiger partial charge in [0.2, 0.25) is 17.7 Å². The van der Waals surface area contributed by atoms with Crippen molar-refractivity contribution >= 4 is 29.5 Å². The molecule has 0 aliphatic carbocycles. The number of nitrogens with one attached hydrogen (secondary N) is 2. The lowest BCUT2D eigenvalue weighted by Crippen LogP contribution is -2.53. The molecule has 0 radical (unpaired) electrons. The summed E-state index contributed by atoms with van der Waals surface area (Å²) in [7, 11) is 0. The molecule has 3 aliphatic heterocycles. The van der Waals surface area contributed by atoms with Crippen molar-refractivity contribution in [1.29, 1.82) is 0 Å². The van der Waals surface area contributed by atoms with Crippen molar-refractivity contribution in [2.24, 2.45) is 0 Å². The van der Waals surface area contributed by atoms with Crippen molar-refractivity contribution in [3.63, 3.8) is 0 Å². The molecule has 202 valence electrons. The van der Waals surface area contributed by atoms with E-state index in [4.69, 9.17) is 4.74 Å². The molecule has 3 heterocycles. The summed E-state index contributed by atoms with van der Waals surface area (Å²) in [5.41, 5.74) is 1.61. The van der Waals surface area contributed by atoms with Crippen LogP contribution in [0.25, 0.3) is 0 Å². The average Bonchev–Trinajstić information content (AvgIpc) is 2.86. The zero-order valence-electron chi connectivity index (χ0n) is 22.1. The highest BCUT2D eigenvalue weighted by Gasteiger charge is 2.30. The summed E-state index contributed by atoms with van der Waals surface area (Å²) < 4.78 is 5.43. The van der Waals surface area contributed by atoms with Crippen LogP contribution in [0.15, 0.2) is 24.3 Å². The second-order valence-corrected chi connectivity index (χ2v) is 11.2. The van der Waals surface area contributed by atoms with Crippen molar-refractivity contribution in [3.8, 4) is 0 Å². The maximum Gasteiger partial charge on any atom is 0.410 e. The highest BCUT2D eigenvalue weighted by atomic mass is 16.6. The molecule has 4 rings (SSSR count). The van der Waals surface area contributed by atoms with E-state index in [2.05, 4.69) is 27.7 Å². The molecule has 3 saturated heterocycles. The summed E-state index contributed by atoms with van der Waals surface area (Å²) in [4.78, 5) is 54.1. The van der Waals surface area contributed by atoms with Crippen LogP contribution in [0.3, 0.4) is 0 Å². The van der Waals surface area contributed by atoms with Crippen molar-refractivity contribution in [2.45, 2.75) is 64.0 Å². The number of nitrogens with zero attached hydrogens (tertiary/aromatic N) is 3. The summed E-state index contributed by atoms with van der Waals surface area (Å²) in [6.45, 7) is 9.76. The van der Waals surface area contributed by atoms with E-state index in [1.54, 1.807) is 4.90 Å². The van der Waals surface area contributed by atoms with E-state index in [1.165, 1.54) is 5.56 Å². The SMILES string of the molecule is CC(C)(C)OC(=O)N1CCN(C(=O)CN2CCC(c3ccc(NC4CCC(=O)NC4=O)cc3)CC2)CC1. The van der Waals surface area contributed by atoms with E-state index in [0.717, 1.165) is 31.6 Å². The van der Waals surface area contributed by atoms with E-state index >= 15 is 0 Å². The van der Waals surface area contributed by atoms with Crippen molar-refractivity contribution in [1.82, 2.24) is 20.0 Å². The van der Waals surface area contributed by atoms with E-state index in [0.29, 0.717) is 51.5 Å². The molecule has 1 aromatic carbocycles. The smallest absolute Gasteiger partial charge is 0.410 e. The molecule has 10 nitrogen and oxygen atoms in total. The molecule has 0 spiro atoms. The fraction of sp³-hybridized carbons (Fsp3) is 0.630. The Balaban J connectivity index is 1.18. The van der Waals surface area contributed by atoms with Crippen LogP contribution >= 0.6 is 0 Å². The van der Waals surface area contributed by atoms with Gasteiger partial charge in [0.15, 0.2) is 0 Å². The zero-order valence-corrected chi connectivity index (χ0v) is 22.1. The Hall–Kier alpha value is -3.14. The van der Waals surface area contributed by atoms with Crippen LogP contribution in [0.1, 0.15) is 57.9 Å². The summed E-state index contributed by atoms with van der Waals surface area (Å²) in [6, 6.07) is 7.80. The Labute approximate surface area is 218 Å². The van der Waals surface area contributed by atoms with Gasteiger partial charge in [0, 0.05) is 38.3 Å². The minimum absolute atomic E-state index is 0.117. The van der Waals surface area contributed by atoms with Crippen molar-refractivity contribution in [3.05, 3.63) is 29.8 Å². The topological polar surface area (TPSA) is 111 Å². The third kappa shape index (κ3) is 7.44. The standard InChI is InChI=1S/C27H39N5O5/c1-27(2,3)37-26(36)32-16-14-31(15-17-32)24(34)18-30-12-10-20(11-13-30)19-4-6-21(7-5-19)28-22-8-9-23(33)29-25(22)35/h4-7,20,22,28H,8-18H2,1-3H3,(H,29,33,35). The van der Waals surface area contributed by atoms with Gasteiger partial charge in [-0.3, -0.25) is 24.6 Å². The van der Waals surface area contributed by atoms with E-state index < -0.39 is 5.60 Å². The lowest BCUT2D eigenvalue weighted by molar-refractivity contribution is -0.135. The molecule has 2 N–H and O–H groups in total. The predicted molar refractivity (Wildman–Crippen MR) is 139 cm³/mol. The van der Waals surface area contributed by atoms with Gasteiger partial charge in [0.25, 0.3) is 0 Å². The highest BCUT2D eigenvalue weighted by Crippen LogP contribution is 2.29. The third-order valence-electron chi connectivity index (χ3n) is 7.19. The number of piperidine rings is 2. The number of carbonyl (C=O) groups is 4. The van der Waals surface area contributed by atoms with Crippen LogP contribution in [-0.2, 0) is 19.1 Å². The molecular formula is C27H39N5O5. The molecule has 4 amide bonds. The van der Waals surface area contributed by atoms with Gasteiger partial charge in [-0.15, -0.1) is 0 Å². The van der Waals surface area contributed by atoms with Crippen LogP contribution in [0.5, 0.6) is 0 Å². The lowest BCUT2D eigenvalue weighted by Gasteiger charge is -2.37. The number of carbonyl (C=O) groups excluding carboxylic acids is 4. The summed E-state index contributed by atoms with van der Waals surface area (Å²) in [6.07, 6.45) is 2.51. The number of anilines is 1. The van der Waals surface area contributed by atoms with E-state index in [1.807, 2.05) is 37.8 Å². The number of ether oxygens (including phenoxy) is 1. The number of likely N-dealkylation sites (tertiary alicyclic amines) is 1. The third-order valence-corrected chi connectivity index (χ3v) is 7.19. The Morgan fingerprint density at radius 3 is 2.16 bits per heavy atom. The fourth-order valence-electron chi connectivity index (χ4n) is 5.06. The van der Waals surface area contributed by atoms with Gasteiger partial charge < -0.3 is 19.9 Å². The number of benzene rings is 1. The first kappa shape index (κ1) is 26.9. The second kappa shape index (κ2) is 11.5. The maximum atomic E-state index is 12.9. The first-order valence-electron chi connectivity index (χ1n) is 13.3. The normalized spacial score (nSPS) is 22.0. The van der Waals surface area contributed by atoms with Crippen LogP contribution in [0.2, 0.25) is 0 Å². The molecule has 10 heteroatoms. The number of piperazine rings is 1. The first-order chi connectivity index (χ1) is 17.6. The van der Waals surface area contributed by atoms with Gasteiger partial charge in [-0.1, -0.05) is 12.1 Å². The minimum atomic E-state index is -0.523. The van der Waals surface area contributed by atoms with Crippen LogP contribution in [0.4, 0.5) is 10.5 Å². The van der Waals surface area contributed by atoms with Crippen LogP contribution in [0, 0.1) is 0 Å². The van der Waals surface area contributed by atoms with Gasteiger partial charge in [0.05, 0.1) is 6.54 Å². The van der Waals surface area contributed by atoms with E-state index in [-0.39, 0.29) is 29.9 Å². The summed E-state index contributed by atoms with van der Waals surface area (Å²) in [5.74, 6) is 0.0684. The molecular weight excluding hydrogens is 474 g/mol. The van der Waals surface area contributed by atoms with Crippen LogP contribution < -0.4 is 10.6 Å². The number of rotatable bonds is 5. The largest absolute Gasteiger partial charge is 0.444 e. The Morgan fingerprint density at radius 1 is 0.946 bits per heavy atom. The van der Waals surface area contributed by atoms with Gasteiger partial charge in [0.1, 0.15) is 11.6 Å². The number of hydrogen-bond acceptors (Lipinski definition) is 7. The quantitative estimate of drug-likeness (QED) is 0.581. The first-order valence-corrected chi connectivity index (χ1v) is 13.3. The van der Waals surface area contributed by atoms with Gasteiger partial charge >= 0.3 is 6.09 Å². The molecule has 0 bridgehead atoms. The Kier molecular flexibility index (Phi) is 8.36. The number of amides is 4. The minimum Gasteiger partial charge on any atom is -0.444 e. The average molecular weight is 514 g/mol. The summed E-state index contributed by atoms with van der Waals surface area (Å²) in [5, 5.41) is 5.59. The zero-order chi connectivity index (χ0) is 26.6. The molecule has 0 aromatic heterocycles. The Morgan fingerprint density at radius 2 is 1.57 bits per heavy atom. The lowest BCUT2D eigenvalue weighted by atomic mass is 9.89. The molecule has 1 aromatic rings.